The minimum absolute atomic E-state index is 0.0334. The minimum Gasteiger partial charge on any atom is -0.334 e. The third kappa shape index (κ3) is 3.23. The van der Waals surface area contributed by atoms with E-state index in [2.05, 4.69) is 10.1 Å². The Balaban J connectivity index is 2.39. The van der Waals surface area contributed by atoms with Crippen LogP contribution in [0.2, 0.25) is 0 Å². The molecule has 0 aliphatic heterocycles. The topological polar surface area (TPSA) is 111 Å². The van der Waals surface area contributed by atoms with E-state index in [9.17, 15) is 10.1 Å². The Kier molecular flexibility index (Phi) is 4.29. The van der Waals surface area contributed by atoms with Crippen LogP contribution in [0, 0.1) is 17.0 Å². The highest BCUT2D eigenvalue weighted by Crippen LogP contribution is 2.31. The maximum atomic E-state index is 11.2. The fourth-order valence-electron chi connectivity index (χ4n) is 2.04. The molecule has 0 spiro atoms. The van der Waals surface area contributed by atoms with Gasteiger partial charge in [0.05, 0.1) is 11.0 Å². The number of rotatable bonds is 5. The van der Waals surface area contributed by atoms with Gasteiger partial charge in [-0.3, -0.25) is 10.1 Å². The molecule has 8 nitrogen and oxygen atoms in total. The Morgan fingerprint density at radius 2 is 2.19 bits per heavy atom. The first-order valence-electron chi connectivity index (χ1n) is 6.38. The second kappa shape index (κ2) is 5.98. The molecule has 21 heavy (non-hydrogen) atoms. The van der Waals surface area contributed by atoms with Gasteiger partial charge in [0.2, 0.25) is 0 Å². The van der Waals surface area contributed by atoms with E-state index in [0.29, 0.717) is 23.5 Å². The molecule has 0 bridgehead atoms. The summed E-state index contributed by atoms with van der Waals surface area (Å²) in [7, 11) is 3.76. The van der Waals surface area contributed by atoms with E-state index >= 15 is 0 Å². The van der Waals surface area contributed by atoms with E-state index in [4.69, 9.17) is 10.3 Å². The van der Waals surface area contributed by atoms with E-state index in [1.807, 2.05) is 19.0 Å². The van der Waals surface area contributed by atoms with Gasteiger partial charge in [-0.2, -0.15) is 4.98 Å². The van der Waals surface area contributed by atoms with Gasteiger partial charge in [-0.15, -0.1) is 0 Å². The molecule has 0 aliphatic carbocycles. The highest BCUT2D eigenvalue weighted by Gasteiger charge is 2.24. The summed E-state index contributed by atoms with van der Waals surface area (Å²) >= 11 is 0. The smallest absolute Gasteiger partial charge is 0.285 e. The molecule has 0 amide bonds. The van der Waals surface area contributed by atoms with Crippen LogP contribution >= 0.6 is 0 Å². The number of aryl methyl sites for hydroxylation is 1. The van der Waals surface area contributed by atoms with Gasteiger partial charge in [-0.05, 0) is 27.1 Å². The van der Waals surface area contributed by atoms with Crippen molar-refractivity contribution in [2.75, 3.05) is 20.6 Å². The van der Waals surface area contributed by atoms with Crippen LogP contribution in [-0.4, -0.2) is 40.6 Å². The van der Waals surface area contributed by atoms with Gasteiger partial charge in [0.1, 0.15) is 5.56 Å². The molecule has 0 aliphatic rings. The Hall–Kier alpha value is -2.32. The number of nitrogens with zero attached hydrogens (tertiary/aromatic N) is 4. The zero-order valence-electron chi connectivity index (χ0n) is 12.1. The number of nitrogens with two attached hydrogens (primary N) is 1. The fraction of sp³-hybridized carbons (Fsp3) is 0.385. The van der Waals surface area contributed by atoms with Gasteiger partial charge in [0, 0.05) is 12.1 Å². The van der Waals surface area contributed by atoms with Gasteiger partial charge in [0.25, 0.3) is 11.6 Å². The van der Waals surface area contributed by atoms with Crippen LogP contribution in [0.25, 0.3) is 11.5 Å². The number of nitro groups is 1. The molecule has 1 unspecified atom stereocenters. The first kappa shape index (κ1) is 15.1. The monoisotopic (exact) mass is 291 g/mol. The minimum atomic E-state index is -0.450. The lowest BCUT2D eigenvalue weighted by Gasteiger charge is -2.12. The van der Waals surface area contributed by atoms with Crippen LogP contribution in [0.15, 0.2) is 22.7 Å². The summed E-state index contributed by atoms with van der Waals surface area (Å²) in [6, 6.07) is 4.54. The number of hydrogen-bond acceptors (Lipinski definition) is 7. The normalized spacial score (nSPS) is 12.6. The molecule has 2 N–H and O–H groups in total. The highest BCUT2D eigenvalue weighted by atomic mass is 16.6. The zero-order chi connectivity index (χ0) is 15.6. The molecule has 1 atom stereocenters. The average Bonchev–Trinajstić information content (AvgIpc) is 2.86. The average molecular weight is 291 g/mol. The molecular weight excluding hydrogens is 274 g/mol. The first-order chi connectivity index (χ1) is 9.90. The lowest BCUT2D eigenvalue weighted by molar-refractivity contribution is -0.384. The van der Waals surface area contributed by atoms with E-state index in [-0.39, 0.29) is 11.6 Å². The van der Waals surface area contributed by atoms with Crippen molar-refractivity contribution < 1.29 is 9.45 Å². The largest absolute Gasteiger partial charge is 0.334 e. The molecule has 0 saturated carbocycles. The van der Waals surface area contributed by atoms with Crippen molar-refractivity contribution in [2.24, 2.45) is 5.73 Å². The SMILES string of the molecule is Cc1cccc(-c2nc(C(N)CN(C)C)no2)c1[N+](=O)[O-]. The van der Waals surface area contributed by atoms with Crippen molar-refractivity contribution >= 4 is 5.69 Å². The number of hydrogen-bond donors (Lipinski definition) is 1. The van der Waals surface area contributed by atoms with Gasteiger partial charge < -0.3 is 15.2 Å². The van der Waals surface area contributed by atoms with Gasteiger partial charge in [-0.1, -0.05) is 17.3 Å². The molecule has 1 heterocycles. The molecule has 0 radical (unpaired) electrons. The molecule has 0 saturated heterocycles. The molecule has 2 aromatic rings. The third-order valence-corrected chi connectivity index (χ3v) is 2.99. The lowest BCUT2D eigenvalue weighted by atomic mass is 10.1. The van der Waals surface area contributed by atoms with E-state index in [1.54, 1.807) is 25.1 Å². The van der Waals surface area contributed by atoms with Gasteiger partial charge in [-0.25, -0.2) is 0 Å². The number of para-hydroxylation sites is 1. The van der Waals surface area contributed by atoms with Crippen molar-refractivity contribution in [3.05, 3.63) is 39.7 Å². The van der Waals surface area contributed by atoms with Crippen molar-refractivity contribution in [2.45, 2.75) is 13.0 Å². The summed E-state index contributed by atoms with van der Waals surface area (Å²) in [5.41, 5.74) is 6.76. The summed E-state index contributed by atoms with van der Waals surface area (Å²) in [6.45, 7) is 2.21. The summed E-state index contributed by atoms with van der Waals surface area (Å²) in [5.74, 6) is 0.434. The number of nitro benzene ring substituents is 1. The molecule has 2 rings (SSSR count). The summed E-state index contributed by atoms with van der Waals surface area (Å²) < 4.78 is 5.14. The standard InChI is InChI=1S/C13H17N5O3/c1-8-5-4-6-9(11(8)18(19)20)13-15-12(16-21-13)10(14)7-17(2)3/h4-6,10H,7,14H2,1-3H3. The Morgan fingerprint density at radius 3 is 2.81 bits per heavy atom. The lowest BCUT2D eigenvalue weighted by Crippen LogP contribution is -2.26. The van der Waals surface area contributed by atoms with Crippen LogP contribution in [0.1, 0.15) is 17.4 Å². The maximum Gasteiger partial charge on any atom is 0.285 e. The van der Waals surface area contributed by atoms with E-state index in [0.717, 1.165) is 0 Å². The fourth-order valence-corrected chi connectivity index (χ4v) is 2.04. The Bertz CT molecular complexity index is 653. The molecule has 8 heteroatoms. The molecule has 1 aromatic carbocycles. The highest BCUT2D eigenvalue weighted by molar-refractivity contribution is 5.69. The third-order valence-electron chi connectivity index (χ3n) is 2.99. The molecule has 1 aromatic heterocycles. The van der Waals surface area contributed by atoms with Crippen LogP contribution in [0.5, 0.6) is 0 Å². The number of aromatic nitrogens is 2. The van der Waals surface area contributed by atoms with Crippen molar-refractivity contribution in [3.63, 3.8) is 0 Å². The van der Waals surface area contributed by atoms with Crippen molar-refractivity contribution in [1.82, 2.24) is 15.0 Å². The molecule has 0 fully saturated rings. The molecular formula is C13H17N5O3. The van der Waals surface area contributed by atoms with Crippen LogP contribution < -0.4 is 5.73 Å². The maximum absolute atomic E-state index is 11.2. The van der Waals surface area contributed by atoms with Gasteiger partial charge >= 0.3 is 0 Å². The Labute approximate surface area is 121 Å². The first-order valence-corrected chi connectivity index (χ1v) is 6.38. The Morgan fingerprint density at radius 1 is 1.48 bits per heavy atom. The predicted molar refractivity (Wildman–Crippen MR) is 76.6 cm³/mol. The zero-order valence-corrected chi connectivity index (χ0v) is 12.1. The second-order valence-corrected chi connectivity index (χ2v) is 5.05. The molecule has 112 valence electrons. The predicted octanol–water partition coefficient (Wildman–Crippen LogP) is 1.51. The van der Waals surface area contributed by atoms with E-state index in [1.165, 1.54) is 0 Å². The second-order valence-electron chi connectivity index (χ2n) is 5.05. The quantitative estimate of drug-likeness (QED) is 0.656. The van der Waals surface area contributed by atoms with Crippen molar-refractivity contribution in [3.8, 4) is 11.5 Å². The van der Waals surface area contributed by atoms with Crippen molar-refractivity contribution in [1.29, 1.82) is 0 Å². The number of likely N-dealkylation sites (N-methyl/N-ethyl adjacent to an activating group) is 1. The van der Waals surface area contributed by atoms with E-state index < -0.39 is 11.0 Å². The summed E-state index contributed by atoms with van der Waals surface area (Å²) in [6.07, 6.45) is 0. The van der Waals surface area contributed by atoms with Crippen LogP contribution in [0.4, 0.5) is 5.69 Å². The van der Waals surface area contributed by atoms with Crippen LogP contribution in [-0.2, 0) is 0 Å². The van der Waals surface area contributed by atoms with Gasteiger partial charge in [0.15, 0.2) is 5.82 Å². The summed E-state index contributed by atoms with van der Waals surface area (Å²) in [4.78, 5) is 16.8. The van der Waals surface area contributed by atoms with Crippen LogP contribution in [0.3, 0.4) is 0 Å². The number of benzene rings is 1. The summed E-state index contributed by atoms with van der Waals surface area (Å²) in [5, 5.41) is 15.0.